The smallest absolute Gasteiger partial charge is 0.240 e. The first-order valence-corrected chi connectivity index (χ1v) is 10.5. The van der Waals surface area contributed by atoms with Gasteiger partial charge in [0.2, 0.25) is 17.7 Å². The summed E-state index contributed by atoms with van der Waals surface area (Å²) in [6, 6.07) is 5.56. The number of piperidine rings is 1. The molecule has 0 spiro atoms. The van der Waals surface area contributed by atoms with E-state index >= 15 is 0 Å². The van der Waals surface area contributed by atoms with Gasteiger partial charge in [0.15, 0.2) is 0 Å². The Hall–Kier alpha value is -2.57. The predicted octanol–water partition coefficient (Wildman–Crippen LogP) is 2.70. The third-order valence-corrected chi connectivity index (χ3v) is 6.21. The number of nitrogens with zero attached hydrogens (tertiary/aromatic N) is 2. The van der Waals surface area contributed by atoms with E-state index in [0.717, 1.165) is 17.7 Å². The molecule has 0 N–H and O–H groups in total. The molecule has 162 valence electrons. The molecule has 1 aromatic carbocycles. The van der Waals surface area contributed by atoms with Gasteiger partial charge in [-0.25, -0.2) is 4.39 Å². The lowest BCUT2D eigenvalue weighted by molar-refractivity contribution is -0.143. The maximum Gasteiger partial charge on any atom is 0.240 e. The number of amides is 3. The van der Waals surface area contributed by atoms with Crippen LogP contribution in [0.25, 0.3) is 0 Å². The number of imide groups is 1. The number of hydrogen-bond acceptors (Lipinski definition) is 4. The molecule has 1 aromatic rings. The molecule has 6 nitrogen and oxygen atoms in total. The van der Waals surface area contributed by atoms with Crippen molar-refractivity contribution in [3.63, 3.8) is 0 Å². The molecule has 0 aromatic heterocycles. The number of carbonyl (C=O) groups is 4. The number of likely N-dealkylation sites (N-methyl/N-ethyl adjacent to an activating group) is 1. The highest BCUT2D eigenvalue weighted by atomic mass is 19.1. The minimum Gasteiger partial charge on any atom is -0.342 e. The van der Waals surface area contributed by atoms with Gasteiger partial charge in [-0.2, -0.15) is 0 Å². The maximum absolute atomic E-state index is 13.9. The highest BCUT2D eigenvalue weighted by Crippen LogP contribution is 2.40. The topological polar surface area (TPSA) is 74.8 Å². The average Bonchev–Trinajstić information content (AvgIpc) is 2.92. The van der Waals surface area contributed by atoms with Crippen molar-refractivity contribution in [1.29, 1.82) is 0 Å². The molecule has 0 unspecified atom stereocenters. The lowest BCUT2D eigenvalue weighted by Crippen LogP contribution is -2.47. The zero-order valence-corrected chi connectivity index (χ0v) is 17.8. The summed E-state index contributed by atoms with van der Waals surface area (Å²) < 4.78 is 13.9. The van der Waals surface area contributed by atoms with Crippen LogP contribution in [0.3, 0.4) is 0 Å². The van der Waals surface area contributed by atoms with Gasteiger partial charge in [0, 0.05) is 45.3 Å². The van der Waals surface area contributed by atoms with Crippen molar-refractivity contribution in [2.75, 3.05) is 20.1 Å². The molecule has 0 radical (unpaired) electrons. The van der Waals surface area contributed by atoms with Gasteiger partial charge in [-0.15, -0.1) is 0 Å². The molecule has 2 fully saturated rings. The Labute approximate surface area is 176 Å². The van der Waals surface area contributed by atoms with E-state index in [2.05, 4.69) is 0 Å². The highest BCUT2D eigenvalue weighted by Gasteiger charge is 2.53. The van der Waals surface area contributed by atoms with E-state index in [1.54, 1.807) is 11.0 Å². The molecule has 7 heteroatoms. The normalized spacial score (nSPS) is 24.6. The number of hydrogen-bond donors (Lipinski definition) is 0. The molecular weight excluding hydrogens is 387 g/mol. The van der Waals surface area contributed by atoms with E-state index in [0.29, 0.717) is 25.1 Å². The summed E-state index contributed by atoms with van der Waals surface area (Å²) in [7, 11) is 1.39. The van der Waals surface area contributed by atoms with E-state index in [9.17, 15) is 23.6 Å². The van der Waals surface area contributed by atoms with Crippen LogP contribution in [-0.4, -0.2) is 53.4 Å². The second-order valence-electron chi connectivity index (χ2n) is 8.95. The first-order chi connectivity index (χ1) is 14.1. The zero-order chi connectivity index (χ0) is 22.1. The summed E-state index contributed by atoms with van der Waals surface area (Å²) in [5.41, 5.74) is -1.07. The first kappa shape index (κ1) is 22.1. The molecule has 0 saturated carbocycles. The minimum atomic E-state index is -1.40. The number of carbonyl (C=O) groups excluding carboxylic acids is 4. The quantitative estimate of drug-likeness (QED) is 0.669. The fourth-order valence-electron chi connectivity index (χ4n) is 4.54. The second-order valence-corrected chi connectivity index (χ2v) is 8.95. The number of Topliss-reactive ketones (excluding diaryl/α,β-unsaturated/α-hetero) is 1. The molecular formula is C23H29FN2O4. The highest BCUT2D eigenvalue weighted by molar-refractivity contribution is 6.10. The summed E-state index contributed by atoms with van der Waals surface area (Å²) in [6.45, 7) is 4.83. The number of ketones is 1. The standard InChI is InChI=1S/C23H29FN2O4/c1-15(2)10-19(27)16-6-5-9-26(14-16)21(29)13-23(12-20(28)25(3)22(23)30)17-7-4-8-18(24)11-17/h4,7-8,11,15-16H,5-6,9-10,12-14H2,1-3H3/t16-,23+/m0/s1. The molecule has 30 heavy (non-hydrogen) atoms. The van der Waals surface area contributed by atoms with Gasteiger partial charge >= 0.3 is 0 Å². The van der Waals surface area contributed by atoms with Gasteiger partial charge in [-0.05, 0) is 36.5 Å². The molecule has 2 heterocycles. The fraction of sp³-hybridized carbons (Fsp3) is 0.565. The summed E-state index contributed by atoms with van der Waals surface area (Å²) in [6.07, 6.45) is 1.58. The van der Waals surface area contributed by atoms with Gasteiger partial charge in [-0.1, -0.05) is 26.0 Å². The molecule has 2 saturated heterocycles. The van der Waals surface area contributed by atoms with Gasteiger partial charge in [0.05, 0.1) is 5.41 Å². The van der Waals surface area contributed by atoms with Crippen molar-refractivity contribution in [2.45, 2.75) is 51.4 Å². The Kier molecular flexibility index (Phi) is 6.38. The van der Waals surface area contributed by atoms with Crippen LogP contribution in [0.15, 0.2) is 24.3 Å². The predicted molar refractivity (Wildman–Crippen MR) is 109 cm³/mol. The van der Waals surface area contributed by atoms with Crippen LogP contribution in [0.1, 0.15) is 51.5 Å². The van der Waals surface area contributed by atoms with Crippen molar-refractivity contribution in [1.82, 2.24) is 9.80 Å². The van der Waals surface area contributed by atoms with Crippen molar-refractivity contribution in [3.05, 3.63) is 35.6 Å². The Morgan fingerprint density at radius 3 is 2.60 bits per heavy atom. The van der Waals surface area contributed by atoms with Crippen LogP contribution in [0, 0.1) is 17.7 Å². The Morgan fingerprint density at radius 1 is 1.27 bits per heavy atom. The van der Waals surface area contributed by atoms with E-state index in [-0.39, 0.29) is 42.3 Å². The van der Waals surface area contributed by atoms with Crippen molar-refractivity contribution in [3.8, 4) is 0 Å². The summed E-state index contributed by atoms with van der Waals surface area (Å²) in [5.74, 6) is -1.45. The lowest BCUT2D eigenvalue weighted by Gasteiger charge is -2.35. The second kappa shape index (κ2) is 8.66. The number of rotatable bonds is 6. The fourth-order valence-corrected chi connectivity index (χ4v) is 4.54. The number of benzene rings is 1. The number of likely N-dealkylation sites (tertiary alicyclic amines) is 2. The van der Waals surface area contributed by atoms with E-state index in [1.807, 2.05) is 13.8 Å². The van der Waals surface area contributed by atoms with Crippen molar-refractivity contribution in [2.24, 2.45) is 11.8 Å². The molecule has 0 aliphatic carbocycles. The van der Waals surface area contributed by atoms with Crippen molar-refractivity contribution >= 4 is 23.5 Å². The van der Waals surface area contributed by atoms with Crippen LogP contribution >= 0.6 is 0 Å². The first-order valence-electron chi connectivity index (χ1n) is 10.5. The minimum absolute atomic E-state index is 0.161. The van der Waals surface area contributed by atoms with Crippen molar-refractivity contribution < 1.29 is 23.6 Å². The third-order valence-electron chi connectivity index (χ3n) is 6.21. The largest absolute Gasteiger partial charge is 0.342 e. The van der Waals surface area contributed by atoms with Crippen LogP contribution in [-0.2, 0) is 24.6 Å². The SMILES string of the molecule is CC(C)CC(=O)[C@H]1CCCN(C(=O)C[C@@]2(c3cccc(F)c3)CC(=O)N(C)C2=O)C1. The van der Waals surface area contributed by atoms with Gasteiger partial charge in [0.1, 0.15) is 11.6 Å². The Bertz CT molecular complexity index is 869. The third kappa shape index (κ3) is 4.30. The van der Waals surface area contributed by atoms with Crippen LogP contribution in [0.4, 0.5) is 4.39 Å². The summed E-state index contributed by atoms with van der Waals surface area (Å²) in [5, 5.41) is 0. The Balaban J connectivity index is 1.83. The molecule has 0 bridgehead atoms. The lowest BCUT2D eigenvalue weighted by atomic mass is 9.75. The van der Waals surface area contributed by atoms with Crippen LogP contribution in [0.2, 0.25) is 0 Å². The van der Waals surface area contributed by atoms with Crippen LogP contribution < -0.4 is 0 Å². The van der Waals surface area contributed by atoms with Crippen LogP contribution in [0.5, 0.6) is 0 Å². The molecule has 3 rings (SSSR count). The molecule has 2 aliphatic rings. The van der Waals surface area contributed by atoms with Gasteiger partial charge < -0.3 is 4.90 Å². The van der Waals surface area contributed by atoms with E-state index in [1.165, 1.54) is 25.2 Å². The van der Waals surface area contributed by atoms with E-state index < -0.39 is 17.1 Å². The average molecular weight is 416 g/mol. The maximum atomic E-state index is 13.9. The van der Waals surface area contributed by atoms with E-state index in [4.69, 9.17) is 0 Å². The number of halogens is 1. The molecule has 2 atom stereocenters. The zero-order valence-electron chi connectivity index (χ0n) is 17.8. The van der Waals surface area contributed by atoms with Gasteiger partial charge in [-0.3, -0.25) is 24.1 Å². The monoisotopic (exact) mass is 416 g/mol. The Morgan fingerprint density at radius 2 is 2.00 bits per heavy atom. The van der Waals surface area contributed by atoms with Gasteiger partial charge in [0.25, 0.3) is 0 Å². The summed E-state index contributed by atoms with van der Waals surface area (Å²) in [4.78, 5) is 53.7. The molecule has 2 aliphatic heterocycles. The molecule has 3 amide bonds. The summed E-state index contributed by atoms with van der Waals surface area (Å²) >= 11 is 0.